The van der Waals surface area contributed by atoms with Crippen LogP contribution in [0.25, 0.3) is 10.8 Å². The Labute approximate surface area is 118 Å². The van der Waals surface area contributed by atoms with Crippen LogP contribution in [0.1, 0.15) is 18.5 Å². The van der Waals surface area contributed by atoms with Crippen molar-refractivity contribution in [2.45, 2.75) is 13.0 Å². The van der Waals surface area contributed by atoms with Crippen LogP contribution in [-0.4, -0.2) is 20.8 Å². The minimum atomic E-state index is 0.132. The maximum Gasteiger partial charge on any atom is 0.161 e. The van der Waals surface area contributed by atoms with E-state index in [1.165, 1.54) is 0 Å². The number of hydrogen-bond donors (Lipinski definition) is 1. The molecule has 0 heterocycles. The second-order valence-corrected chi connectivity index (χ2v) is 4.57. The van der Waals surface area contributed by atoms with Crippen LogP contribution in [0.2, 0.25) is 0 Å². The molecule has 1 N–H and O–H groups in total. The maximum atomic E-state index is 8.62. The summed E-state index contributed by atoms with van der Waals surface area (Å²) >= 11 is 0. The average molecular weight is 270 g/mol. The molecule has 0 spiro atoms. The van der Waals surface area contributed by atoms with Crippen molar-refractivity contribution in [2.75, 3.05) is 20.8 Å². The first-order chi connectivity index (χ1) is 9.69. The van der Waals surface area contributed by atoms with Gasteiger partial charge >= 0.3 is 0 Å². The van der Waals surface area contributed by atoms with Gasteiger partial charge in [0.25, 0.3) is 0 Å². The van der Waals surface area contributed by atoms with Gasteiger partial charge in [0.1, 0.15) is 0 Å². The van der Waals surface area contributed by atoms with Crippen molar-refractivity contribution in [1.29, 1.82) is 5.26 Å². The Morgan fingerprint density at radius 3 is 2.35 bits per heavy atom. The lowest BCUT2D eigenvalue weighted by Gasteiger charge is -2.14. The van der Waals surface area contributed by atoms with Crippen LogP contribution in [0.15, 0.2) is 30.3 Å². The Hall–Kier alpha value is -2.25. The summed E-state index contributed by atoms with van der Waals surface area (Å²) in [6.45, 7) is 2.38. The largest absolute Gasteiger partial charge is 0.493 e. The lowest BCUT2D eigenvalue weighted by atomic mass is 10.0. The Balaban J connectivity index is 2.41. The number of rotatable bonds is 5. The molecule has 20 heavy (non-hydrogen) atoms. The minimum absolute atomic E-state index is 0.132. The van der Waals surface area contributed by atoms with Gasteiger partial charge in [-0.15, -0.1) is 0 Å². The van der Waals surface area contributed by atoms with Crippen LogP contribution < -0.4 is 14.8 Å². The van der Waals surface area contributed by atoms with E-state index >= 15 is 0 Å². The third kappa shape index (κ3) is 2.84. The Bertz CT molecular complexity index is 647. The summed E-state index contributed by atoms with van der Waals surface area (Å²) in [7, 11) is 3.26. The fourth-order valence-electron chi connectivity index (χ4n) is 2.18. The molecule has 0 radical (unpaired) electrons. The molecule has 0 aliphatic heterocycles. The molecule has 104 valence electrons. The molecule has 0 aromatic heterocycles. The number of methoxy groups -OCH3 is 2. The van der Waals surface area contributed by atoms with Gasteiger partial charge in [0.05, 0.1) is 26.8 Å². The smallest absolute Gasteiger partial charge is 0.161 e. The van der Waals surface area contributed by atoms with E-state index in [4.69, 9.17) is 14.7 Å². The van der Waals surface area contributed by atoms with Crippen LogP contribution in [0.4, 0.5) is 0 Å². The van der Waals surface area contributed by atoms with Crippen molar-refractivity contribution in [3.63, 3.8) is 0 Å². The third-order valence-corrected chi connectivity index (χ3v) is 3.35. The maximum absolute atomic E-state index is 8.62. The van der Waals surface area contributed by atoms with E-state index in [0.717, 1.165) is 27.8 Å². The van der Waals surface area contributed by atoms with Gasteiger partial charge in [-0.25, -0.2) is 0 Å². The molecular weight excluding hydrogens is 252 g/mol. The molecule has 1 atom stereocenters. The summed E-state index contributed by atoms with van der Waals surface area (Å²) in [5.74, 6) is 1.44. The Morgan fingerprint density at radius 2 is 1.75 bits per heavy atom. The monoisotopic (exact) mass is 270 g/mol. The van der Waals surface area contributed by atoms with Crippen molar-refractivity contribution >= 4 is 10.8 Å². The SMILES string of the molecule is COc1cc2ccc([C@@H](C)NCC#N)cc2cc1OC. The lowest BCUT2D eigenvalue weighted by Crippen LogP contribution is -2.18. The van der Waals surface area contributed by atoms with Crippen LogP contribution in [0.3, 0.4) is 0 Å². The van der Waals surface area contributed by atoms with Gasteiger partial charge < -0.3 is 9.47 Å². The number of nitriles is 1. The van der Waals surface area contributed by atoms with Gasteiger partial charge in [-0.05, 0) is 41.5 Å². The predicted octanol–water partition coefficient (Wildman–Crippen LogP) is 3.03. The molecule has 0 aliphatic carbocycles. The highest BCUT2D eigenvalue weighted by Gasteiger charge is 2.09. The number of fused-ring (bicyclic) bond motifs is 1. The summed E-state index contributed by atoms with van der Waals surface area (Å²) < 4.78 is 10.6. The predicted molar refractivity (Wildman–Crippen MR) is 79.1 cm³/mol. The fraction of sp³-hybridized carbons (Fsp3) is 0.312. The summed E-state index contributed by atoms with van der Waals surface area (Å²) in [6, 6.07) is 12.4. The Kier molecular flexibility index (Phi) is 4.44. The van der Waals surface area contributed by atoms with Crippen molar-refractivity contribution in [1.82, 2.24) is 5.32 Å². The van der Waals surface area contributed by atoms with Gasteiger partial charge in [-0.1, -0.05) is 12.1 Å². The van der Waals surface area contributed by atoms with Crippen LogP contribution in [-0.2, 0) is 0 Å². The first-order valence-electron chi connectivity index (χ1n) is 6.45. The number of nitrogens with one attached hydrogen (secondary N) is 1. The Morgan fingerprint density at radius 1 is 1.10 bits per heavy atom. The zero-order valence-electron chi connectivity index (χ0n) is 11.9. The van der Waals surface area contributed by atoms with E-state index in [1.807, 2.05) is 19.1 Å². The molecule has 0 bridgehead atoms. The first kappa shape index (κ1) is 14.2. The molecule has 0 aliphatic rings. The molecule has 4 nitrogen and oxygen atoms in total. The average Bonchev–Trinajstić information content (AvgIpc) is 2.50. The van der Waals surface area contributed by atoms with E-state index < -0.39 is 0 Å². The van der Waals surface area contributed by atoms with Crippen LogP contribution >= 0.6 is 0 Å². The molecule has 4 heteroatoms. The number of hydrogen-bond acceptors (Lipinski definition) is 4. The molecule has 0 saturated carbocycles. The standard InChI is InChI=1S/C16H18N2O2/c1-11(18-7-6-17)12-4-5-13-9-15(19-2)16(20-3)10-14(13)8-12/h4-5,8-11,18H,7H2,1-3H3/t11-/m1/s1. The second kappa shape index (κ2) is 6.27. The van der Waals surface area contributed by atoms with Crippen LogP contribution in [0, 0.1) is 11.3 Å². The number of ether oxygens (including phenoxy) is 2. The lowest BCUT2D eigenvalue weighted by molar-refractivity contribution is 0.356. The first-order valence-corrected chi connectivity index (χ1v) is 6.45. The highest BCUT2D eigenvalue weighted by Crippen LogP contribution is 2.33. The van der Waals surface area contributed by atoms with Gasteiger partial charge in [-0.3, -0.25) is 5.32 Å². The molecule has 0 fully saturated rings. The zero-order valence-corrected chi connectivity index (χ0v) is 11.9. The van der Waals surface area contributed by atoms with E-state index in [-0.39, 0.29) is 6.04 Å². The summed E-state index contributed by atoms with van der Waals surface area (Å²) in [6.07, 6.45) is 0. The fourth-order valence-corrected chi connectivity index (χ4v) is 2.18. The molecule has 2 aromatic rings. The van der Waals surface area contributed by atoms with E-state index in [1.54, 1.807) is 14.2 Å². The zero-order chi connectivity index (χ0) is 14.5. The topological polar surface area (TPSA) is 54.3 Å². The molecular formula is C16H18N2O2. The third-order valence-electron chi connectivity index (χ3n) is 3.35. The van der Waals surface area contributed by atoms with Crippen molar-refractivity contribution in [3.05, 3.63) is 35.9 Å². The molecule has 2 rings (SSSR count). The number of nitrogens with zero attached hydrogens (tertiary/aromatic N) is 1. The summed E-state index contributed by atoms with van der Waals surface area (Å²) in [4.78, 5) is 0. The second-order valence-electron chi connectivity index (χ2n) is 4.57. The van der Waals surface area contributed by atoms with Crippen molar-refractivity contribution in [3.8, 4) is 17.6 Å². The normalized spacial score (nSPS) is 11.9. The summed E-state index contributed by atoms with van der Waals surface area (Å²) in [5, 5.41) is 13.9. The van der Waals surface area contributed by atoms with Crippen molar-refractivity contribution in [2.24, 2.45) is 0 Å². The highest BCUT2D eigenvalue weighted by atomic mass is 16.5. The van der Waals surface area contributed by atoms with Gasteiger partial charge in [0.15, 0.2) is 11.5 Å². The van der Waals surface area contributed by atoms with Gasteiger partial charge in [0, 0.05) is 6.04 Å². The molecule has 0 saturated heterocycles. The van der Waals surface area contributed by atoms with E-state index in [0.29, 0.717) is 6.54 Å². The number of benzene rings is 2. The molecule has 0 unspecified atom stereocenters. The highest BCUT2D eigenvalue weighted by molar-refractivity contribution is 5.86. The van der Waals surface area contributed by atoms with Crippen molar-refractivity contribution < 1.29 is 9.47 Å². The minimum Gasteiger partial charge on any atom is -0.493 e. The van der Waals surface area contributed by atoms with Crippen LogP contribution in [0.5, 0.6) is 11.5 Å². The summed E-state index contributed by atoms with van der Waals surface area (Å²) in [5.41, 5.74) is 1.14. The van der Waals surface area contributed by atoms with E-state index in [2.05, 4.69) is 29.6 Å². The molecule has 2 aromatic carbocycles. The van der Waals surface area contributed by atoms with Gasteiger partial charge in [-0.2, -0.15) is 5.26 Å². The quantitative estimate of drug-likeness (QED) is 0.848. The molecule has 0 amide bonds. The van der Waals surface area contributed by atoms with E-state index in [9.17, 15) is 0 Å². The van der Waals surface area contributed by atoms with Gasteiger partial charge in [0.2, 0.25) is 0 Å².